The Morgan fingerprint density at radius 3 is 2.61 bits per heavy atom. The molecule has 6 heteroatoms. The van der Waals surface area contributed by atoms with Gasteiger partial charge in [-0.05, 0) is 41.8 Å². The minimum atomic E-state index is -0.152. The SMILES string of the molecule is CCNC(=O)[C@@H]1C[C@@H](NCc2cccc(OC)c2OC)CN1Cc1ccc2ccccc2c1. The summed E-state index contributed by atoms with van der Waals surface area (Å²) in [6.45, 7) is 4.80. The molecule has 1 fully saturated rings. The number of benzene rings is 3. The van der Waals surface area contributed by atoms with Gasteiger partial charge in [0.1, 0.15) is 0 Å². The summed E-state index contributed by atoms with van der Waals surface area (Å²) in [6, 6.07) is 20.9. The van der Waals surface area contributed by atoms with Gasteiger partial charge < -0.3 is 20.1 Å². The molecule has 1 saturated heterocycles. The minimum Gasteiger partial charge on any atom is -0.493 e. The molecule has 2 N–H and O–H groups in total. The molecule has 0 radical (unpaired) electrons. The predicted molar refractivity (Wildman–Crippen MR) is 132 cm³/mol. The first-order valence-corrected chi connectivity index (χ1v) is 11.6. The van der Waals surface area contributed by atoms with E-state index in [1.165, 1.54) is 16.3 Å². The average Bonchev–Trinajstić information content (AvgIpc) is 3.25. The van der Waals surface area contributed by atoms with Crippen LogP contribution in [0.5, 0.6) is 11.5 Å². The molecule has 0 aromatic heterocycles. The molecular formula is C27H33N3O3. The number of carbonyl (C=O) groups is 1. The summed E-state index contributed by atoms with van der Waals surface area (Å²) < 4.78 is 11.0. The van der Waals surface area contributed by atoms with Crippen molar-refractivity contribution in [3.05, 3.63) is 71.8 Å². The Kier molecular flexibility index (Phi) is 7.47. The van der Waals surface area contributed by atoms with Crippen molar-refractivity contribution in [1.82, 2.24) is 15.5 Å². The number of para-hydroxylation sites is 1. The van der Waals surface area contributed by atoms with Gasteiger partial charge >= 0.3 is 0 Å². The number of nitrogens with one attached hydrogen (secondary N) is 2. The van der Waals surface area contributed by atoms with Crippen LogP contribution >= 0.6 is 0 Å². The van der Waals surface area contributed by atoms with Crippen molar-refractivity contribution < 1.29 is 14.3 Å². The van der Waals surface area contributed by atoms with Crippen LogP contribution in [0.2, 0.25) is 0 Å². The number of nitrogens with zero attached hydrogens (tertiary/aromatic N) is 1. The smallest absolute Gasteiger partial charge is 0.237 e. The van der Waals surface area contributed by atoms with E-state index >= 15 is 0 Å². The van der Waals surface area contributed by atoms with E-state index in [4.69, 9.17) is 9.47 Å². The van der Waals surface area contributed by atoms with Crippen molar-refractivity contribution in [2.45, 2.75) is 38.5 Å². The van der Waals surface area contributed by atoms with Crippen LogP contribution < -0.4 is 20.1 Å². The van der Waals surface area contributed by atoms with Gasteiger partial charge in [-0.2, -0.15) is 0 Å². The number of rotatable bonds is 9. The normalized spacial score (nSPS) is 18.4. The molecule has 2 atom stereocenters. The molecule has 0 saturated carbocycles. The molecule has 1 aliphatic rings. The van der Waals surface area contributed by atoms with Crippen molar-refractivity contribution in [1.29, 1.82) is 0 Å². The quantitative estimate of drug-likeness (QED) is 0.523. The lowest BCUT2D eigenvalue weighted by molar-refractivity contribution is -0.125. The molecule has 3 aromatic carbocycles. The van der Waals surface area contributed by atoms with E-state index in [1.807, 2.05) is 25.1 Å². The summed E-state index contributed by atoms with van der Waals surface area (Å²) in [5.74, 6) is 1.57. The Labute approximate surface area is 195 Å². The maximum Gasteiger partial charge on any atom is 0.237 e. The number of likely N-dealkylation sites (N-methyl/N-ethyl adjacent to an activating group) is 1. The summed E-state index contributed by atoms with van der Waals surface area (Å²) in [5.41, 5.74) is 2.26. The second-order valence-electron chi connectivity index (χ2n) is 8.49. The maximum atomic E-state index is 12.8. The Hall–Kier alpha value is -3.09. The van der Waals surface area contributed by atoms with E-state index in [0.29, 0.717) is 13.1 Å². The molecule has 0 bridgehead atoms. The zero-order valence-electron chi connectivity index (χ0n) is 19.6. The van der Waals surface area contributed by atoms with Crippen LogP contribution in [0.15, 0.2) is 60.7 Å². The van der Waals surface area contributed by atoms with E-state index in [9.17, 15) is 4.79 Å². The molecule has 1 amide bonds. The van der Waals surface area contributed by atoms with Crippen molar-refractivity contribution in [2.24, 2.45) is 0 Å². The zero-order chi connectivity index (χ0) is 23.2. The highest BCUT2D eigenvalue weighted by Gasteiger charge is 2.36. The van der Waals surface area contributed by atoms with Crippen LogP contribution in [0.1, 0.15) is 24.5 Å². The van der Waals surface area contributed by atoms with Gasteiger partial charge in [-0.25, -0.2) is 0 Å². The van der Waals surface area contributed by atoms with Gasteiger partial charge in [0, 0.05) is 37.8 Å². The van der Waals surface area contributed by atoms with Crippen molar-refractivity contribution in [3.8, 4) is 11.5 Å². The van der Waals surface area contributed by atoms with Crippen molar-refractivity contribution in [3.63, 3.8) is 0 Å². The molecule has 33 heavy (non-hydrogen) atoms. The van der Waals surface area contributed by atoms with Gasteiger partial charge in [0.2, 0.25) is 5.91 Å². The van der Waals surface area contributed by atoms with Gasteiger partial charge in [0.25, 0.3) is 0 Å². The number of likely N-dealkylation sites (tertiary alicyclic amines) is 1. The monoisotopic (exact) mass is 447 g/mol. The largest absolute Gasteiger partial charge is 0.493 e. The van der Waals surface area contributed by atoms with Crippen LogP contribution in [0.3, 0.4) is 0 Å². The number of hydrogen-bond acceptors (Lipinski definition) is 5. The summed E-state index contributed by atoms with van der Waals surface area (Å²) in [6.07, 6.45) is 0.770. The molecular weight excluding hydrogens is 414 g/mol. The molecule has 6 nitrogen and oxygen atoms in total. The standard InChI is InChI=1S/C27H33N3O3/c1-4-28-27(31)24-15-23(29-16-22-10-7-11-25(32-2)26(22)33-3)18-30(24)17-19-12-13-20-8-5-6-9-21(20)14-19/h5-14,23-24,29H,4,15-18H2,1-3H3,(H,28,31)/t23-,24+/m1/s1. The second kappa shape index (κ2) is 10.7. The lowest BCUT2D eigenvalue weighted by Crippen LogP contribution is -2.42. The summed E-state index contributed by atoms with van der Waals surface area (Å²) in [4.78, 5) is 15.1. The van der Waals surface area contributed by atoms with Gasteiger partial charge in [-0.1, -0.05) is 48.5 Å². The fourth-order valence-corrected chi connectivity index (χ4v) is 4.71. The molecule has 3 aromatic rings. The molecule has 4 rings (SSSR count). The number of ether oxygens (including phenoxy) is 2. The molecule has 1 aliphatic heterocycles. The zero-order valence-corrected chi connectivity index (χ0v) is 19.6. The third-order valence-corrected chi connectivity index (χ3v) is 6.32. The fourth-order valence-electron chi connectivity index (χ4n) is 4.71. The van der Waals surface area contributed by atoms with E-state index in [2.05, 4.69) is 58.0 Å². The van der Waals surface area contributed by atoms with Crippen LogP contribution in [0, 0.1) is 0 Å². The van der Waals surface area contributed by atoms with Crippen molar-refractivity contribution >= 4 is 16.7 Å². The van der Waals surface area contributed by atoms with Gasteiger partial charge in [0.05, 0.1) is 20.3 Å². The second-order valence-corrected chi connectivity index (χ2v) is 8.49. The Bertz CT molecular complexity index is 1100. The maximum absolute atomic E-state index is 12.8. The van der Waals surface area contributed by atoms with Crippen LogP contribution in [-0.2, 0) is 17.9 Å². The third kappa shape index (κ3) is 5.29. The molecule has 0 unspecified atom stereocenters. The Morgan fingerprint density at radius 2 is 1.85 bits per heavy atom. The number of carbonyl (C=O) groups excluding carboxylic acids is 1. The number of hydrogen-bond donors (Lipinski definition) is 2. The van der Waals surface area contributed by atoms with Crippen molar-refractivity contribution in [2.75, 3.05) is 27.3 Å². The van der Waals surface area contributed by atoms with E-state index in [0.717, 1.165) is 36.6 Å². The highest BCUT2D eigenvalue weighted by atomic mass is 16.5. The lowest BCUT2D eigenvalue weighted by atomic mass is 10.1. The predicted octanol–water partition coefficient (Wildman–Crippen LogP) is 3.73. The summed E-state index contributed by atoms with van der Waals surface area (Å²) >= 11 is 0. The van der Waals surface area contributed by atoms with E-state index < -0.39 is 0 Å². The first-order valence-electron chi connectivity index (χ1n) is 11.6. The number of fused-ring (bicyclic) bond motifs is 1. The molecule has 0 aliphatic carbocycles. The lowest BCUT2D eigenvalue weighted by Gasteiger charge is -2.23. The summed E-state index contributed by atoms with van der Waals surface area (Å²) in [5, 5.41) is 9.11. The Morgan fingerprint density at radius 1 is 1.03 bits per heavy atom. The average molecular weight is 448 g/mol. The first kappa shape index (κ1) is 23.1. The van der Waals surface area contributed by atoms with E-state index in [-0.39, 0.29) is 18.0 Å². The van der Waals surface area contributed by atoms with E-state index in [1.54, 1.807) is 14.2 Å². The van der Waals surface area contributed by atoms with Crippen LogP contribution in [-0.4, -0.2) is 50.2 Å². The minimum absolute atomic E-state index is 0.0987. The van der Waals surface area contributed by atoms with Crippen LogP contribution in [0.25, 0.3) is 10.8 Å². The summed E-state index contributed by atoms with van der Waals surface area (Å²) in [7, 11) is 3.31. The number of methoxy groups -OCH3 is 2. The highest BCUT2D eigenvalue weighted by molar-refractivity contribution is 5.83. The van der Waals surface area contributed by atoms with Gasteiger partial charge in [-0.15, -0.1) is 0 Å². The van der Waals surface area contributed by atoms with Gasteiger partial charge in [0.15, 0.2) is 11.5 Å². The third-order valence-electron chi connectivity index (χ3n) is 6.32. The Balaban J connectivity index is 1.48. The highest BCUT2D eigenvalue weighted by Crippen LogP contribution is 2.31. The molecule has 174 valence electrons. The fraction of sp³-hybridized carbons (Fsp3) is 0.370. The first-order chi connectivity index (χ1) is 16.1. The topological polar surface area (TPSA) is 62.8 Å². The van der Waals surface area contributed by atoms with Crippen LogP contribution in [0.4, 0.5) is 0 Å². The van der Waals surface area contributed by atoms with Gasteiger partial charge in [-0.3, -0.25) is 9.69 Å². The molecule has 1 heterocycles. The molecule has 0 spiro atoms. The number of amides is 1.